The molecule has 0 aliphatic rings. The summed E-state index contributed by atoms with van der Waals surface area (Å²) < 4.78 is 0. The number of aliphatic imine (C=N–C) groups is 4. The fourth-order valence-corrected chi connectivity index (χ4v) is 5.34. The van der Waals surface area contributed by atoms with E-state index >= 15 is 0 Å². The van der Waals surface area contributed by atoms with Crippen LogP contribution in [-0.4, -0.2) is 127 Å². The molecule has 5 amide bonds. The van der Waals surface area contributed by atoms with Gasteiger partial charge < -0.3 is 83.3 Å². The summed E-state index contributed by atoms with van der Waals surface area (Å²) in [7, 11) is 0. The van der Waals surface area contributed by atoms with E-state index in [1.54, 1.807) is 27.7 Å². The molecular weight excluding hydrogens is 772 g/mol. The van der Waals surface area contributed by atoms with Crippen LogP contribution in [0.1, 0.15) is 79.1 Å². The zero-order valence-electron chi connectivity index (χ0n) is 34.5. The lowest BCUT2D eigenvalue weighted by molar-refractivity contribution is -0.142. The van der Waals surface area contributed by atoms with E-state index in [0.717, 1.165) is 0 Å². The third kappa shape index (κ3) is 23.6. The molecule has 24 N–H and O–H groups in total. The van der Waals surface area contributed by atoms with Gasteiger partial charge in [-0.3, -0.25) is 43.9 Å². The second-order valence-corrected chi connectivity index (χ2v) is 14.4. The molecular formula is C34H68N18O7. The van der Waals surface area contributed by atoms with Crippen LogP contribution in [0.3, 0.4) is 0 Å². The van der Waals surface area contributed by atoms with Crippen LogP contribution in [-0.2, 0) is 28.8 Å². The third-order valence-corrected chi connectivity index (χ3v) is 8.51. The second-order valence-electron chi connectivity index (χ2n) is 14.4. The predicted molar refractivity (Wildman–Crippen MR) is 225 cm³/mol. The van der Waals surface area contributed by atoms with Gasteiger partial charge in [-0.2, -0.15) is 0 Å². The third-order valence-electron chi connectivity index (χ3n) is 8.51. The van der Waals surface area contributed by atoms with Crippen molar-refractivity contribution in [2.75, 3.05) is 26.2 Å². The van der Waals surface area contributed by atoms with Crippen molar-refractivity contribution in [1.82, 2.24) is 26.6 Å². The number of rotatable bonds is 29. The highest BCUT2D eigenvalue weighted by atomic mass is 16.4. The Kier molecular flexibility index (Phi) is 25.3. The van der Waals surface area contributed by atoms with Gasteiger partial charge in [0, 0.05) is 26.2 Å². The first kappa shape index (κ1) is 52.9. The normalized spacial score (nSPS) is 13.9. The maximum absolute atomic E-state index is 13.9. The predicted octanol–water partition coefficient (Wildman–Crippen LogP) is -5.65. The van der Waals surface area contributed by atoms with E-state index in [1.807, 2.05) is 0 Å². The van der Waals surface area contributed by atoms with Crippen LogP contribution < -0.4 is 78.2 Å². The van der Waals surface area contributed by atoms with E-state index in [2.05, 4.69) is 46.6 Å². The highest BCUT2D eigenvalue weighted by Crippen LogP contribution is 2.10. The number of carbonyl (C=O) groups excluding carboxylic acids is 5. The Labute approximate surface area is 344 Å². The van der Waals surface area contributed by atoms with E-state index in [9.17, 15) is 33.9 Å². The van der Waals surface area contributed by atoms with Crippen molar-refractivity contribution in [1.29, 1.82) is 0 Å². The minimum atomic E-state index is -1.31. The summed E-state index contributed by atoms with van der Waals surface area (Å²) >= 11 is 0. The number of carboxylic acid groups (broad SMARTS) is 1. The molecule has 6 atom stereocenters. The summed E-state index contributed by atoms with van der Waals surface area (Å²) in [5, 5.41) is 22.8. The number of amides is 5. The lowest BCUT2D eigenvalue weighted by Gasteiger charge is -2.29. The molecule has 0 saturated heterocycles. The number of aliphatic carboxylic acids is 1. The number of carboxylic acids is 1. The van der Waals surface area contributed by atoms with Crippen LogP contribution in [0.2, 0.25) is 0 Å². The van der Waals surface area contributed by atoms with Crippen molar-refractivity contribution in [3.05, 3.63) is 0 Å². The summed E-state index contributed by atoms with van der Waals surface area (Å²) in [6.45, 7) is 7.21. The molecule has 0 aliphatic heterocycles. The maximum Gasteiger partial charge on any atom is 0.326 e. The van der Waals surface area contributed by atoms with Crippen molar-refractivity contribution in [2.24, 2.45) is 83.4 Å². The molecule has 25 nitrogen and oxygen atoms in total. The number of nitrogens with zero attached hydrogens (tertiary/aromatic N) is 4. The fourth-order valence-electron chi connectivity index (χ4n) is 5.34. The van der Waals surface area contributed by atoms with Crippen molar-refractivity contribution >= 4 is 59.3 Å². The summed E-state index contributed by atoms with van der Waals surface area (Å²) in [4.78, 5) is 95.2. The number of nitrogens with two attached hydrogens (primary N) is 9. The van der Waals surface area contributed by atoms with Gasteiger partial charge in [-0.1, -0.05) is 27.7 Å². The van der Waals surface area contributed by atoms with Gasteiger partial charge in [0.25, 0.3) is 0 Å². The largest absolute Gasteiger partial charge is 0.480 e. The Morgan fingerprint density at radius 3 is 1.03 bits per heavy atom. The van der Waals surface area contributed by atoms with Gasteiger partial charge in [-0.05, 0) is 63.2 Å². The van der Waals surface area contributed by atoms with Gasteiger partial charge in [0.05, 0.1) is 6.04 Å². The molecule has 0 aromatic heterocycles. The first-order valence-corrected chi connectivity index (χ1v) is 19.3. The van der Waals surface area contributed by atoms with Gasteiger partial charge in [0.2, 0.25) is 29.5 Å². The average molecular weight is 841 g/mol. The molecule has 0 aromatic carbocycles. The Morgan fingerprint density at radius 2 is 0.729 bits per heavy atom. The average Bonchev–Trinajstić information content (AvgIpc) is 3.13. The number of hydrogen-bond donors (Lipinski definition) is 15. The molecule has 0 radical (unpaired) electrons. The van der Waals surface area contributed by atoms with Crippen molar-refractivity contribution < 1.29 is 33.9 Å². The smallest absolute Gasteiger partial charge is 0.326 e. The van der Waals surface area contributed by atoms with Crippen LogP contribution in [0.15, 0.2) is 20.0 Å². The molecule has 0 rings (SSSR count). The minimum Gasteiger partial charge on any atom is -0.480 e. The molecule has 0 heterocycles. The standard InChI is InChI=1S/C34H68N18O7/c1-17(2)23(51-26(54)20(10-6-14-45-32(38)39)48-25(53)19(35)9-5-13-44-31(36)37)28(56)49-21(11-7-15-46-33(40)41)27(55)52-24(18(3)4)29(57)50-22(30(58)59)12-8-16-47-34(42)43/h17-24H,5-16,35H2,1-4H3,(H,48,53)(H,49,56)(H,50,57)(H,51,54)(H,52,55)(H,58,59)(H4,36,37,44)(H4,38,39,45)(H4,40,41,46)(H4,42,43,47)/t19-,20-,21-,22-,23-,24-/m0/s1. The van der Waals surface area contributed by atoms with E-state index in [1.165, 1.54) is 0 Å². The van der Waals surface area contributed by atoms with E-state index in [0.29, 0.717) is 6.42 Å². The van der Waals surface area contributed by atoms with Crippen LogP contribution in [0.5, 0.6) is 0 Å². The Morgan fingerprint density at radius 1 is 0.441 bits per heavy atom. The highest BCUT2D eigenvalue weighted by molar-refractivity contribution is 5.96. The Balaban J connectivity index is 6.26. The molecule has 0 bridgehead atoms. The summed E-state index contributed by atoms with van der Waals surface area (Å²) in [6, 6.07) is -7.21. The Bertz CT molecular complexity index is 1490. The number of guanidine groups is 4. The van der Waals surface area contributed by atoms with Crippen LogP contribution in [0, 0.1) is 11.8 Å². The fraction of sp³-hybridized carbons (Fsp3) is 0.706. The molecule has 59 heavy (non-hydrogen) atoms. The van der Waals surface area contributed by atoms with Crippen molar-refractivity contribution in [3.8, 4) is 0 Å². The highest BCUT2D eigenvalue weighted by Gasteiger charge is 2.34. The zero-order valence-corrected chi connectivity index (χ0v) is 34.5. The zero-order chi connectivity index (χ0) is 45.2. The lowest BCUT2D eigenvalue weighted by Crippen LogP contribution is -2.60. The molecule has 0 saturated carbocycles. The van der Waals surface area contributed by atoms with Crippen molar-refractivity contribution in [2.45, 2.75) is 115 Å². The molecule has 0 aromatic rings. The van der Waals surface area contributed by atoms with Gasteiger partial charge in [0.15, 0.2) is 23.8 Å². The molecule has 0 fully saturated rings. The van der Waals surface area contributed by atoms with Crippen LogP contribution >= 0.6 is 0 Å². The van der Waals surface area contributed by atoms with Gasteiger partial charge >= 0.3 is 5.97 Å². The van der Waals surface area contributed by atoms with E-state index < -0.39 is 83.6 Å². The van der Waals surface area contributed by atoms with Crippen LogP contribution in [0.25, 0.3) is 0 Å². The molecule has 0 aliphatic carbocycles. The van der Waals surface area contributed by atoms with Gasteiger partial charge in [-0.15, -0.1) is 0 Å². The topological polar surface area (TPSA) is 466 Å². The van der Waals surface area contributed by atoms with E-state index in [4.69, 9.17) is 51.6 Å². The van der Waals surface area contributed by atoms with Crippen LogP contribution in [0.4, 0.5) is 0 Å². The SMILES string of the molecule is CC(C)[C@H](NC(=O)[C@H](CCCN=C(N)N)NC(=O)[C@@H](NC(=O)[C@H](CCCN=C(N)N)NC(=O)[C@@H](N)CCCN=C(N)N)C(C)C)C(=O)N[C@@H](CCCN=C(N)N)C(=O)O. The summed E-state index contributed by atoms with van der Waals surface area (Å²) in [5.41, 5.74) is 49.1. The minimum absolute atomic E-state index is 0.00327. The quantitative estimate of drug-likeness (QED) is 0.0190. The molecule has 25 heteroatoms. The van der Waals surface area contributed by atoms with Gasteiger partial charge in [0.1, 0.15) is 30.2 Å². The van der Waals surface area contributed by atoms with Crippen molar-refractivity contribution in [3.63, 3.8) is 0 Å². The summed E-state index contributed by atoms with van der Waals surface area (Å²) in [6.07, 6.45) is 1.36. The van der Waals surface area contributed by atoms with Gasteiger partial charge in [-0.25, -0.2) is 4.79 Å². The molecule has 0 spiro atoms. The molecule has 336 valence electrons. The second kappa shape index (κ2) is 28.3. The number of carbonyl (C=O) groups is 6. The molecule has 0 unspecified atom stereocenters. The first-order valence-electron chi connectivity index (χ1n) is 19.3. The lowest BCUT2D eigenvalue weighted by atomic mass is 9.99. The monoisotopic (exact) mass is 841 g/mol. The van der Waals surface area contributed by atoms with E-state index in [-0.39, 0.29) is 95.0 Å². The summed E-state index contributed by atoms with van der Waals surface area (Å²) in [5.74, 6) is -6.64. The number of hydrogen-bond acceptors (Lipinski definition) is 11. The first-order chi connectivity index (χ1) is 27.6. The number of nitrogens with one attached hydrogen (secondary N) is 5. The maximum atomic E-state index is 13.9. The Hall–Kier alpha value is -6.14.